The van der Waals surface area contributed by atoms with Crippen molar-refractivity contribution in [1.29, 1.82) is 0 Å². The average Bonchev–Trinajstić information content (AvgIpc) is 2.28. The predicted molar refractivity (Wildman–Crippen MR) is 60.9 cm³/mol. The Morgan fingerprint density at radius 1 is 1.38 bits per heavy atom. The zero-order valence-electron chi connectivity index (χ0n) is 9.75. The molecule has 0 unspecified atom stereocenters. The molecule has 1 N–H and O–H groups in total. The summed E-state index contributed by atoms with van der Waals surface area (Å²) >= 11 is 0. The van der Waals surface area contributed by atoms with Gasteiger partial charge < -0.3 is 14.8 Å². The minimum Gasteiger partial charge on any atom is -0.467 e. The van der Waals surface area contributed by atoms with Crippen molar-refractivity contribution in [2.45, 2.75) is 19.9 Å². The van der Waals surface area contributed by atoms with Crippen LogP contribution in [0.25, 0.3) is 0 Å². The van der Waals surface area contributed by atoms with Crippen LogP contribution in [0.5, 0.6) is 5.75 Å². The zero-order valence-corrected chi connectivity index (χ0v) is 9.75. The quantitative estimate of drug-likeness (QED) is 0.572. The van der Waals surface area contributed by atoms with Gasteiger partial charge in [-0.25, -0.2) is 4.39 Å². The molecule has 0 aliphatic carbocycles. The summed E-state index contributed by atoms with van der Waals surface area (Å²) in [6.07, 6.45) is 1.05. The minimum absolute atomic E-state index is 0.173. The minimum atomic E-state index is -0.252. The number of methoxy groups -OCH3 is 1. The first-order chi connectivity index (χ1) is 7.77. The number of halogens is 1. The molecule has 0 saturated heterocycles. The van der Waals surface area contributed by atoms with Crippen LogP contribution in [0, 0.1) is 5.82 Å². The fourth-order valence-corrected chi connectivity index (χ4v) is 1.35. The Kier molecular flexibility index (Phi) is 5.82. The van der Waals surface area contributed by atoms with E-state index >= 15 is 0 Å². The smallest absolute Gasteiger partial charge is 0.188 e. The highest BCUT2D eigenvalue weighted by atomic mass is 19.1. The summed E-state index contributed by atoms with van der Waals surface area (Å²) in [5, 5.41) is 3.21. The van der Waals surface area contributed by atoms with E-state index in [9.17, 15) is 4.39 Å². The van der Waals surface area contributed by atoms with Crippen molar-refractivity contribution in [1.82, 2.24) is 5.32 Å². The number of nitrogens with one attached hydrogen (secondary N) is 1. The van der Waals surface area contributed by atoms with E-state index in [1.165, 1.54) is 12.1 Å². The van der Waals surface area contributed by atoms with E-state index in [0.29, 0.717) is 12.3 Å². The van der Waals surface area contributed by atoms with Gasteiger partial charge in [0.1, 0.15) is 11.6 Å². The molecule has 1 aromatic rings. The lowest BCUT2D eigenvalue weighted by Crippen LogP contribution is -2.15. The van der Waals surface area contributed by atoms with Gasteiger partial charge in [-0.3, -0.25) is 0 Å². The second kappa shape index (κ2) is 7.19. The van der Waals surface area contributed by atoms with E-state index in [1.54, 1.807) is 13.2 Å². The lowest BCUT2D eigenvalue weighted by atomic mass is 10.2. The maximum atomic E-state index is 13.1. The summed E-state index contributed by atoms with van der Waals surface area (Å²) in [4.78, 5) is 0. The molecule has 1 aromatic carbocycles. The van der Waals surface area contributed by atoms with E-state index in [1.807, 2.05) is 0 Å². The molecule has 90 valence electrons. The maximum absolute atomic E-state index is 13.1. The third-order valence-electron chi connectivity index (χ3n) is 2.10. The molecule has 0 spiro atoms. The summed E-state index contributed by atoms with van der Waals surface area (Å²) in [7, 11) is 1.55. The highest BCUT2D eigenvalue weighted by Crippen LogP contribution is 2.19. The molecule has 0 amide bonds. The van der Waals surface area contributed by atoms with Crippen molar-refractivity contribution in [3.8, 4) is 5.75 Å². The zero-order chi connectivity index (χ0) is 11.8. The van der Waals surface area contributed by atoms with Gasteiger partial charge in [0.15, 0.2) is 6.79 Å². The SMILES string of the molecule is CCCNCc1cc(F)ccc1OCOC. The van der Waals surface area contributed by atoms with Crippen molar-refractivity contribution >= 4 is 0 Å². The normalized spacial score (nSPS) is 10.4. The van der Waals surface area contributed by atoms with Crippen LogP contribution in [0.3, 0.4) is 0 Å². The van der Waals surface area contributed by atoms with Crippen LogP contribution in [0.15, 0.2) is 18.2 Å². The largest absolute Gasteiger partial charge is 0.467 e. The van der Waals surface area contributed by atoms with Crippen LogP contribution in [-0.4, -0.2) is 20.4 Å². The lowest BCUT2D eigenvalue weighted by Gasteiger charge is -2.11. The number of hydrogen-bond acceptors (Lipinski definition) is 3. The Hall–Kier alpha value is -1.13. The molecule has 0 aliphatic rings. The Balaban J connectivity index is 2.65. The fraction of sp³-hybridized carbons (Fsp3) is 0.500. The molecular formula is C12H18FNO2. The first-order valence-corrected chi connectivity index (χ1v) is 5.38. The Bertz CT molecular complexity index is 318. The van der Waals surface area contributed by atoms with E-state index in [-0.39, 0.29) is 12.6 Å². The van der Waals surface area contributed by atoms with E-state index in [0.717, 1.165) is 18.5 Å². The monoisotopic (exact) mass is 227 g/mol. The molecule has 1 rings (SSSR count). The standard InChI is InChI=1S/C12H18FNO2/c1-3-6-14-8-10-7-11(13)4-5-12(10)16-9-15-2/h4-5,7,14H,3,6,8-9H2,1-2H3. The van der Waals surface area contributed by atoms with Gasteiger partial charge >= 0.3 is 0 Å². The van der Waals surface area contributed by atoms with Crippen LogP contribution in [-0.2, 0) is 11.3 Å². The average molecular weight is 227 g/mol. The van der Waals surface area contributed by atoms with Crippen LogP contribution in [0.2, 0.25) is 0 Å². The van der Waals surface area contributed by atoms with Gasteiger partial charge in [0, 0.05) is 19.2 Å². The highest BCUT2D eigenvalue weighted by molar-refractivity contribution is 5.33. The van der Waals surface area contributed by atoms with Gasteiger partial charge in [0.25, 0.3) is 0 Å². The van der Waals surface area contributed by atoms with Gasteiger partial charge in [0.05, 0.1) is 0 Å². The van der Waals surface area contributed by atoms with Crippen LogP contribution >= 0.6 is 0 Å². The molecule has 0 heterocycles. The third-order valence-corrected chi connectivity index (χ3v) is 2.10. The molecule has 0 bridgehead atoms. The topological polar surface area (TPSA) is 30.5 Å². The molecular weight excluding hydrogens is 209 g/mol. The summed E-state index contributed by atoms with van der Waals surface area (Å²) in [5.74, 6) is 0.407. The lowest BCUT2D eigenvalue weighted by molar-refractivity contribution is 0.0503. The number of hydrogen-bond donors (Lipinski definition) is 1. The van der Waals surface area contributed by atoms with Gasteiger partial charge in [-0.15, -0.1) is 0 Å². The first-order valence-electron chi connectivity index (χ1n) is 5.38. The van der Waals surface area contributed by atoms with Crippen molar-refractivity contribution in [3.63, 3.8) is 0 Å². The molecule has 0 saturated carbocycles. The molecule has 3 nitrogen and oxygen atoms in total. The summed E-state index contributed by atoms with van der Waals surface area (Å²) in [6, 6.07) is 4.49. The molecule has 0 fully saturated rings. The van der Waals surface area contributed by atoms with Crippen LogP contribution in [0.4, 0.5) is 4.39 Å². The van der Waals surface area contributed by atoms with Gasteiger partial charge in [-0.2, -0.15) is 0 Å². The Morgan fingerprint density at radius 2 is 2.19 bits per heavy atom. The predicted octanol–water partition coefficient (Wildman–Crippen LogP) is 2.31. The molecule has 4 heteroatoms. The molecule has 0 atom stereocenters. The Morgan fingerprint density at radius 3 is 2.88 bits per heavy atom. The van der Waals surface area contributed by atoms with E-state index in [4.69, 9.17) is 9.47 Å². The highest BCUT2D eigenvalue weighted by Gasteiger charge is 2.04. The maximum Gasteiger partial charge on any atom is 0.188 e. The van der Waals surface area contributed by atoms with Crippen molar-refractivity contribution in [2.75, 3.05) is 20.4 Å². The van der Waals surface area contributed by atoms with Crippen LogP contribution in [0.1, 0.15) is 18.9 Å². The molecule has 0 aliphatic heterocycles. The van der Waals surface area contributed by atoms with Crippen molar-refractivity contribution in [2.24, 2.45) is 0 Å². The van der Waals surface area contributed by atoms with Gasteiger partial charge in [-0.1, -0.05) is 6.92 Å². The number of ether oxygens (including phenoxy) is 2. The molecule has 16 heavy (non-hydrogen) atoms. The van der Waals surface area contributed by atoms with Gasteiger partial charge in [-0.05, 0) is 31.2 Å². The fourth-order valence-electron chi connectivity index (χ4n) is 1.35. The van der Waals surface area contributed by atoms with Gasteiger partial charge in [0.2, 0.25) is 0 Å². The second-order valence-corrected chi connectivity index (χ2v) is 3.48. The molecule has 0 aromatic heterocycles. The summed E-state index contributed by atoms with van der Waals surface area (Å²) < 4.78 is 23.2. The summed E-state index contributed by atoms with van der Waals surface area (Å²) in [5.41, 5.74) is 0.811. The number of rotatable bonds is 7. The Labute approximate surface area is 95.6 Å². The second-order valence-electron chi connectivity index (χ2n) is 3.48. The van der Waals surface area contributed by atoms with Crippen LogP contribution < -0.4 is 10.1 Å². The molecule has 0 radical (unpaired) electrons. The van der Waals surface area contributed by atoms with Crippen molar-refractivity contribution < 1.29 is 13.9 Å². The third kappa shape index (κ3) is 4.16. The van der Waals surface area contributed by atoms with E-state index < -0.39 is 0 Å². The van der Waals surface area contributed by atoms with E-state index in [2.05, 4.69) is 12.2 Å². The van der Waals surface area contributed by atoms with Crippen molar-refractivity contribution in [3.05, 3.63) is 29.6 Å². The first kappa shape index (κ1) is 12.9. The number of benzene rings is 1. The summed E-state index contributed by atoms with van der Waals surface area (Å²) in [6.45, 7) is 3.76.